The molecule has 0 saturated heterocycles. The highest BCUT2D eigenvalue weighted by Crippen LogP contribution is 2.40. The molecule has 1 aromatic carbocycles. The second-order valence-corrected chi connectivity index (χ2v) is 7.36. The van der Waals surface area contributed by atoms with E-state index in [2.05, 4.69) is 18.2 Å². The number of hydrogen-bond donors (Lipinski definition) is 0. The number of nitrogens with zero attached hydrogens (tertiary/aromatic N) is 2. The van der Waals surface area contributed by atoms with E-state index in [4.69, 9.17) is 4.42 Å². The molecule has 1 unspecified atom stereocenters. The fourth-order valence-corrected chi connectivity index (χ4v) is 4.22. The van der Waals surface area contributed by atoms with Gasteiger partial charge in [0.15, 0.2) is 0 Å². The summed E-state index contributed by atoms with van der Waals surface area (Å²) in [6.07, 6.45) is 7.81. The molecule has 0 saturated carbocycles. The fraction of sp³-hybridized carbons (Fsp3) is 0.200. The van der Waals surface area contributed by atoms with E-state index < -0.39 is 0 Å². The molecule has 0 aliphatic heterocycles. The molecule has 3 aromatic rings. The summed E-state index contributed by atoms with van der Waals surface area (Å²) in [7, 11) is 3.11. The molecule has 132 valence electrons. The monoisotopic (exact) mass is 366 g/mol. The van der Waals surface area contributed by atoms with Gasteiger partial charge in [0.1, 0.15) is 11.1 Å². The molecule has 4 rings (SSSR count). The van der Waals surface area contributed by atoms with Crippen molar-refractivity contribution in [2.45, 2.75) is 11.0 Å². The summed E-state index contributed by atoms with van der Waals surface area (Å²) in [6, 6.07) is 10.2. The van der Waals surface area contributed by atoms with E-state index in [0.717, 1.165) is 15.9 Å². The van der Waals surface area contributed by atoms with Crippen LogP contribution < -0.4 is 11.2 Å². The Hall–Kier alpha value is -2.73. The van der Waals surface area contributed by atoms with E-state index in [-0.39, 0.29) is 16.5 Å². The Kier molecular flexibility index (Phi) is 4.20. The van der Waals surface area contributed by atoms with Crippen molar-refractivity contribution in [3.63, 3.8) is 0 Å². The summed E-state index contributed by atoms with van der Waals surface area (Å²) < 4.78 is 8.56. The van der Waals surface area contributed by atoms with Gasteiger partial charge in [-0.1, -0.05) is 54.6 Å². The summed E-state index contributed by atoms with van der Waals surface area (Å²) >= 11 is 1.73. The first-order valence-corrected chi connectivity index (χ1v) is 9.35. The van der Waals surface area contributed by atoms with E-state index in [1.807, 2.05) is 36.4 Å². The fourth-order valence-electron chi connectivity index (χ4n) is 3.13. The van der Waals surface area contributed by atoms with Gasteiger partial charge in [-0.2, -0.15) is 0 Å². The molecule has 0 radical (unpaired) electrons. The lowest BCUT2D eigenvalue weighted by molar-refractivity contribution is 0.524. The maximum Gasteiger partial charge on any atom is 0.333 e. The molecular formula is C20H18N2O3S. The largest absolute Gasteiger partial charge is 0.442 e. The van der Waals surface area contributed by atoms with E-state index in [9.17, 15) is 9.59 Å². The first-order chi connectivity index (χ1) is 12.6. The van der Waals surface area contributed by atoms with Gasteiger partial charge >= 0.3 is 5.69 Å². The minimum atomic E-state index is -0.389. The molecule has 6 heteroatoms. The number of thioether (sulfide) groups is 1. The quantitative estimate of drug-likeness (QED) is 0.713. The molecule has 26 heavy (non-hydrogen) atoms. The van der Waals surface area contributed by atoms with Gasteiger partial charge in [0.2, 0.25) is 5.71 Å². The molecule has 2 heterocycles. The Morgan fingerprint density at radius 1 is 1.08 bits per heavy atom. The van der Waals surface area contributed by atoms with Crippen molar-refractivity contribution in [1.29, 1.82) is 0 Å². The number of aromatic nitrogens is 2. The second kappa shape index (κ2) is 6.53. The normalized spacial score (nSPS) is 16.0. The van der Waals surface area contributed by atoms with Gasteiger partial charge in [0.25, 0.3) is 5.56 Å². The van der Waals surface area contributed by atoms with Crippen LogP contribution >= 0.6 is 11.8 Å². The SMILES string of the molecule is Cn1c(=O)c2c3c(oc2n(C)c1=O)C(SCc1ccccc1)C=CC=C3. The summed E-state index contributed by atoms with van der Waals surface area (Å²) in [5.74, 6) is 1.53. The lowest BCUT2D eigenvalue weighted by Crippen LogP contribution is -2.36. The Balaban J connectivity index is 1.83. The van der Waals surface area contributed by atoms with Gasteiger partial charge in [-0.3, -0.25) is 13.9 Å². The van der Waals surface area contributed by atoms with Crippen LogP contribution in [-0.4, -0.2) is 9.13 Å². The molecule has 0 spiro atoms. The lowest BCUT2D eigenvalue weighted by atomic mass is 10.1. The molecular weight excluding hydrogens is 348 g/mol. The van der Waals surface area contributed by atoms with Crippen LogP contribution in [0, 0.1) is 0 Å². The van der Waals surface area contributed by atoms with Crippen LogP contribution in [0.3, 0.4) is 0 Å². The predicted molar refractivity (Wildman–Crippen MR) is 105 cm³/mol. The van der Waals surface area contributed by atoms with Crippen molar-refractivity contribution in [3.05, 3.63) is 86.3 Å². The highest BCUT2D eigenvalue weighted by Gasteiger charge is 2.25. The highest BCUT2D eigenvalue weighted by atomic mass is 32.2. The van der Waals surface area contributed by atoms with Crippen LogP contribution in [0.5, 0.6) is 0 Å². The van der Waals surface area contributed by atoms with Crippen molar-refractivity contribution in [2.24, 2.45) is 14.1 Å². The number of hydrogen-bond acceptors (Lipinski definition) is 4. The maximum atomic E-state index is 12.7. The number of rotatable bonds is 3. The third-order valence-corrected chi connectivity index (χ3v) is 5.77. The molecule has 1 aliphatic rings. The van der Waals surface area contributed by atoms with Crippen molar-refractivity contribution >= 4 is 28.9 Å². The third-order valence-electron chi connectivity index (χ3n) is 4.54. The van der Waals surface area contributed by atoms with Gasteiger partial charge in [-0.05, 0) is 5.56 Å². The first kappa shape index (κ1) is 16.7. The van der Waals surface area contributed by atoms with Crippen molar-refractivity contribution < 1.29 is 4.42 Å². The van der Waals surface area contributed by atoms with Gasteiger partial charge in [0.05, 0.1) is 5.25 Å². The minimum absolute atomic E-state index is 0.0348. The number of aryl methyl sites for hydroxylation is 1. The number of fused-ring (bicyclic) bond motifs is 3. The zero-order valence-corrected chi connectivity index (χ0v) is 15.3. The predicted octanol–water partition coefficient (Wildman–Crippen LogP) is 3.39. The maximum absolute atomic E-state index is 12.7. The Labute approximate surface area is 154 Å². The standard InChI is InChI=1S/C20H18N2O3S/c1-21-18(23)16-14-10-6-7-11-15(26-12-13-8-4-3-5-9-13)17(14)25-19(16)22(2)20(21)24/h3-11,15H,12H2,1-2H3. The summed E-state index contributed by atoms with van der Waals surface area (Å²) in [4.78, 5) is 24.9. The molecule has 2 aromatic heterocycles. The summed E-state index contributed by atoms with van der Waals surface area (Å²) in [5, 5.41) is 0.419. The minimum Gasteiger partial charge on any atom is -0.442 e. The van der Waals surface area contributed by atoms with Crippen molar-refractivity contribution in [1.82, 2.24) is 9.13 Å². The number of allylic oxidation sites excluding steroid dienone is 2. The van der Waals surface area contributed by atoms with E-state index in [1.54, 1.807) is 18.8 Å². The van der Waals surface area contributed by atoms with Crippen LogP contribution in [-0.2, 0) is 19.8 Å². The highest BCUT2D eigenvalue weighted by molar-refractivity contribution is 7.98. The third kappa shape index (κ3) is 2.66. The van der Waals surface area contributed by atoms with Crippen molar-refractivity contribution in [3.8, 4) is 0 Å². The van der Waals surface area contributed by atoms with Gasteiger partial charge in [0, 0.05) is 25.4 Å². The molecule has 1 atom stereocenters. The summed E-state index contributed by atoms with van der Waals surface area (Å²) in [6.45, 7) is 0. The average Bonchev–Trinajstić information content (AvgIpc) is 2.93. The van der Waals surface area contributed by atoms with Crippen molar-refractivity contribution in [2.75, 3.05) is 0 Å². The molecule has 0 fully saturated rings. The van der Waals surface area contributed by atoms with Crippen LogP contribution in [0.15, 0.2) is 62.6 Å². The number of furan rings is 1. The molecule has 0 bridgehead atoms. The van der Waals surface area contributed by atoms with Crippen LogP contribution in [0.4, 0.5) is 0 Å². The summed E-state index contributed by atoms with van der Waals surface area (Å²) in [5.41, 5.74) is 1.59. The average molecular weight is 366 g/mol. The Morgan fingerprint density at radius 2 is 1.85 bits per heavy atom. The second-order valence-electron chi connectivity index (χ2n) is 6.23. The molecule has 0 amide bonds. The van der Waals surface area contributed by atoms with Crippen LogP contribution in [0.2, 0.25) is 0 Å². The Bertz CT molecular complexity index is 1150. The van der Waals surface area contributed by atoms with E-state index in [1.165, 1.54) is 17.2 Å². The number of benzene rings is 1. The lowest BCUT2D eigenvalue weighted by Gasteiger charge is -2.10. The van der Waals surface area contributed by atoms with Gasteiger partial charge in [-0.25, -0.2) is 4.79 Å². The van der Waals surface area contributed by atoms with E-state index >= 15 is 0 Å². The topological polar surface area (TPSA) is 57.1 Å². The zero-order chi connectivity index (χ0) is 18.3. The van der Waals surface area contributed by atoms with E-state index in [0.29, 0.717) is 16.9 Å². The first-order valence-electron chi connectivity index (χ1n) is 8.30. The molecule has 1 aliphatic carbocycles. The van der Waals surface area contributed by atoms with Gasteiger partial charge in [-0.15, -0.1) is 11.8 Å². The zero-order valence-electron chi connectivity index (χ0n) is 14.5. The molecule has 5 nitrogen and oxygen atoms in total. The van der Waals surface area contributed by atoms with Gasteiger partial charge < -0.3 is 4.42 Å². The van der Waals surface area contributed by atoms with Crippen LogP contribution in [0.25, 0.3) is 17.2 Å². The van der Waals surface area contributed by atoms with Crippen LogP contribution in [0.1, 0.15) is 22.1 Å². The Morgan fingerprint density at radius 3 is 2.62 bits per heavy atom. The molecule has 0 N–H and O–H groups in total. The smallest absolute Gasteiger partial charge is 0.333 e.